The Labute approximate surface area is 228 Å². The second kappa shape index (κ2) is 26.1. The van der Waals surface area contributed by atoms with E-state index in [0.29, 0.717) is 11.8 Å². The number of aliphatic carboxylic acids is 1. The van der Waals surface area contributed by atoms with Crippen LogP contribution in [0.5, 0.6) is 0 Å². The summed E-state index contributed by atoms with van der Waals surface area (Å²) < 4.78 is 0. The lowest BCUT2D eigenvalue weighted by Gasteiger charge is -2.21. The van der Waals surface area contributed by atoms with E-state index < -0.39 is 5.97 Å². The second-order valence-electron chi connectivity index (χ2n) is 12.8. The average molecular weight is 509 g/mol. The third-order valence-electron chi connectivity index (χ3n) is 8.34. The zero-order chi connectivity index (χ0) is 26.9. The van der Waals surface area contributed by atoms with Crippen molar-refractivity contribution in [1.29, 1.82) is 0 Å². The molecule has 1 N–H and O–H groups in total. The third-order valence-corrected chi connectivity index (χ3v) is 8.34. The maximum absolute atomic E-state index is 11.1. The molecule has 0 spiro atoms. The minimum Gasteiger partial charge on any atom is -0.481 e. The van der Waals surface area contributed by atoms with Crippen molar-refractivity contribution in [1.82, 2.24) is 0 Å². The predicted octanol–water partition coefficient (Wildman–Crippen LogP) is 12.0. The number of rotatable bonds is 28. The normalized spacial score (nSPS) is 15.0. The van der Waals surface area contributed by atoms with Gasteiger partial charge in [0.1, 0.15) is 0 Å². The highest BCUT2D eigenvalue weighted by molar-refractivity contribution is 5.69. The zero-order valence-corrected chi connectivity index (χ0v) is 25.6. The molecule has 0 aromatic rings. The monoisotopic (exact) mass is 509 g/mol. The number of hydrogen-bond donors (Lipinski definition) is 1. The fourth-order valence-electron chi connectivity index (χ4n) is 6.14. The molecule has 0 amide bonds. The molecule has 0 heterocycles. The van der Waals surface area contributed by atoms with E-state index in [1.54, 1.807) is 0 Å². The lowest BCUT2D eigenvalue weighted by molar-refractivity contribution is -0.141. The second-order valence-corrected chi connectivity index (χ2v) is 12.8. The van der Waals surface area contributed by atoms with E-state index in [9.17, 15) is 4.79 Å². The van der Waals surface area contributed by atoms with E-state index in [0.717, 1.165) is 12.3 Å². The van der Waals surface area contributed by atoms with Crippen molar-refractivity contribution in [2.45, 2.75) is 189 Å². The molecule has 0 fully saturated rings. The standard InChI is InChI=1S/C34H68O2/c1-6-7-8-9-10-11-12-13-14-15-16-17-18-19-20-21-22-23-24-25-26-30(2)27-31(3)28-32(4)29-33(5)34(35)36/h30-33H,6-29H2,1-5H3,(H,35,36). The van der Waals surface area contributed by atoms with Crippen molar-refractivity contribution in [3.05, 3.63) is 0 Å². The highest BCUT2D eigenvalue weighted by Gasteiger charge is 2.18. The first-order valence-electron chi connectivity index (χ1n) is 16.6. The van der Waals surface area contributed by atoms with Crippen LogP contribution in [0.15, 0.2) is 0 Å². The number of carboxylic acids is 1. The van der Waals surface area contributed by atoms with Gasteiger partial charge in [0, 0.05) is 0 Å². The van der Waals surface area contributed by atoms with E-state index in [-0.39, 0.29) is 5.92 Å². The molecule has 216 valence electrons. The van der Waals surface area contributed by atoms with Gasteiger partial charge < -0.3 is 5.11 Å². The van der Waals surface area contributed by atoms with Crippen LogP contribution in [0, 0.1) is 23.7 Å². The molecular formula is C34H68O2. The Bertz CT molecular complexity index is 460. The van der Waals surface area contributed by atoms with Gasteiger partial charge in [0.05, 0.1) is 5.92 Å². The fourth-order valence-corrected chi connectivity index (χ4v) is 6.14. The van der Waals surface area contributed by atoms with Gasteiger partial charge >= 0.3 is 5.97 Å². The summed E-state index contributed by atoms with van der Waals surface area (Å²) >= 11 is 0. The molecule has 0 saturated carbocycles. The Morgan fingerprint density at radius 3 is 1.14 bits per heavy atom. The molecule has 2 heteroatoms. The van der Waals surface area contributed by atoms with Crippen molar-refractivity contribution in [3.63, 3.8) is 0 Å². The van der Waals surface area contributed by atoms with E-state index in [1.165, 1.54) is 148 Å². The topological polar surface area (TPSA) is 37.3 Å². The average Bonchev–Trinajstić information content (AvgIpc) is 2.82. The number of carbonyl (C=O) groups is 1. The SMILES string of the molecule is CCCCCCCCCCCCCCCCCCCCCCC(C)CC(C)CC(C)CC(C)C(=O)O. The van der Waals surface area contributed by atoms with Crippen LogP contribution in [-0.2, 0) is 4.79 Å². The molecular weight excluding hydrogens is 440 g/mol. The first kappa shape index (κ1) is 35.5. The van der Waals surface area contributed by atoms with Crippen LogP contribution in [0.1, 0.15) is 189 Å². The van der Waals surface area contributed by atoms with Gasteiger partial charge in [0.25, 0.3) is 0 Å². The highest BCUT2D eigenvalue weighted by atomic mass is 16.4. The van der Waals surface area contributed by atoms with Crippen LogP contribution in [0.2, 0.25) is 0 Å². The van der Waals surface area contributed by atoms with Gasteiger partial charge in [-0.05, 0) is 37.0 Å². The van der Waals surface area contributed by atoms with Crippen LogP contribution < -0.4 is 0 Å². The summed E-state index contributed by atoms with van der Waals surface area (Å²) in [7, 11) is 0. The van der Waals surface area contributed by atoms with Crippen LogP contribution in [0.3, 0.4) is 0 Å². The molecule has 4 atom stereocenters. The molecule has 0 aliphatic heterocycles. The lowest BCUT2D eigenvalue weighted by atomic mass is 9.84. The van der Waals surface area contributed by atoms with Gasteiger partial charge in [0.2, 0.25) is 0 Å². The van der Waals surface area contributed by atoms with Crippen molar-refractivity contribution >= 4 is 5.97 Å². The molecule has 0 aromatic heterocycles. The summed E-state index contributed by atoms with van der Waals surface area (Å²) in [5, 5.41) is 9.10. The van der Waals surface area contributed by atoms with E-state index in [2.05, 4.69) is 27.7 Å². The van der Waals surface area contributed by atoms with Crippen LogP contribution in [0.25, 0.3) is 0 Å². The first-order valence-corrected chi connectivity index (χ1v) is 16.6. The molecule has 36 heavy (non-hydrogen) atoms. The van der Waals surface area contributed by atoms with Gasteiger partial charge in [-0.1, -0.05) is 169 Å². The molecule has 0 bridgehead atoms. The Kier molecular flexibility index (Phi) is 25.7. The first-order chi connectivity index (χ1) is 17.4. The summed E-state index contributed by atoms with van der Waals surface area (Å²) in [6.07, 6.45) is 33.6. The van der Waals surface area contributed by atoms with E-state index in [4.69, 9.17) is 5.11 Å². The van der Waals surface area contributed by atoms with Crippen molar-refractivity contribution in [2.75, 3.05) is 0 Å². The van der Waals surface area contributed by atoms with Gasteiger partial charge in [0.15, 0.2) is 0 Å². The largest absolute Gasteiger partial charge is 0.481 e. The smallest absolute Gasteiger partial charge is 0.306 e. The Morgan fingerprint density at radius 1 is 0.472 bits per heavy atom. The molecule has 0 aliphatic carbocycles. The van der Waals surface area contributed by atoms with Crippen LogP contribution in [0.4, 0.5) is 0 Å². The summed E-state index contributed by atoms with van der Waals surface area (Å²) in [5.74, 6) is 1.17. The zero-order valence-electron chi connectivity index (χ0n) is 25.6. The molecule has 0 rings (SSSR count). The van der Waals surface area contributed by atoms with Gasteiger partial charge in [-0.15, -0.1) is 0 Å². The quantitative estimate of drug-likeness (QED) is 0.107. The molecule has 2 nitrogen and oxygen atoms in total. The predicted molar refractivity (Wildman–Crippen MR) is 161 cm³/mol. The Balaban J connectivity index is 3.35. The lowest BCUT2D eigenvalue weighted by Crippen LogP contribution is -2.15. The Morgan fingerprint density at radius 2 is 0.778 bits per heavy atom. The van der Waals surface area contributed by atoms with Gasteiger partial charge in [-0.3, -0.25) is 4.79 Å². The molecule has 0 radical (unpaired) electrons. The van der Waals surface area contributed by atoms with Crippen molar-refractivity contribution in [2.24, 2.45) is 23.7 Å². The summed E-state index contributed by atoms with van der Waals surface area (Å²) in [6, 6.07) is 0. The highest BCUT2D eigenvalue weighted by Crippen LogP contribution is 2.26. The maximum atomic E-state index is 11.1. The minimum atomic E-state index is -0.651. The Hall–Kier alpha value is -0.530. The molecule has 4 unspecified atom stereocenters. The van der Waals surface area contributed by atoms with Crippen molar-refractivity contribution in [3.8, 4) is 0 Å². The molecule has 0 saturated heterocycles. The van der Waals surface area contributed by atoms with Crippen LogP contribution >= 0.6 is 0 Å². The van der Waals surface area contributed by atoms with Gasteiger partial charge in [-0.2, -0.15) is 0 Å². The number of carboxylic acid groups (broad SMARTS) is 1. The third kappa shape index (κ3) is 25.1. The summed E-state index contributed by atoms with van der Waals surface area (Å²) in [6.45, 7) is 11.1. The van der Waals surface area contributed by atoms with E-state index in [1.807, 2.05) is 6.92 Å². The van der Waals surface area contributed by atoms with Crippen molar-refractivity contribution < 1.29 is 9.90 Å². The number of unbranched alkanes of at least 4 members (excludes halogenated alkanes) is 19. The van der Waals surface area contributed by atoms with Gasteiger partial charge in [-0.25, -0.2) is 0 Å². The maximum Gasteiger partial charge on any atom is 0.306 e. The number of hydrogen-bond acceptors (Lipinski definition) is 1. The summed E-state index contributed by atoms with van der Waals surface area (Å²) in [5.41, 5.74) is 0. The molecule has 0 aliphatic rings. The van der Waals surface area contributed by atoms with E-state index >= 15 is 0 Å². The summed E-state index contributed by atoms with van der Waals surface area (Å²) in [4.78, 5) is 11.1. The minimum absolute atomic E-state index is 0.209. The fraction of sp³-hybridized carbons (Fsp3) is 0.971. The van der Waals surface area contributed by atoms with Crippen LogP contribution in [-0.4, -0.2) is 11.1 Å². The molecule has 0 aromatic carbocycles.